The fourth-order valence-electron chi connectivity index (χ4n) is 2.46. The average molecular weight is 253 g/mol. The highest BCUT2D eigenvalue weighted by molar-refractivity contribution is 7.16. The second kappa shape index (κ2) is 3.53. The van der Waals surface area contributed by atoms with Crippen molar-refractivity contribution in [2.24, 2.45) is 0 Å². The first kappa shape index (κ1) is 10.0. The normalized spacial score (nSPS) is 13.9. The molecule has 0 N–H and O–H groups in total. The number of benzene rings is 1. The number of hydrogen-bond acceptors (Lipinski definition) is 3. The largest absolute Gasteiger partial charge is 0.217 e. The second-order valence-corrected chi connectivity index (χ2v) is 5.61. The van der Waals surface area contributed by atoms with Gasteiger partial charge in [0.05, 0.1) is 11.9 Å². The molecule has 1 aromatic carbocycles. The molecule has 3 aromatic rings. The van der Waals surface area contributed by atoms with Gasteiger partial charge < -0.3 is 0 Å². The van der Waals surface area contributed by atoms with E-state index in [9.17, 15) is 0 Å². The van der Waals surface area contributed by atoms with Crippen molar-refractivity contribution in [3.8, 4) is 0 Å². The minimum absolute atomic E-state index is 0.966. The summed E-state index contributed by atoms with van der Waals surface area (Å²) in [5.41, 5.74) is 4.95. The fourth-order valence-corrected chi connectivity index (χ4v) is 3.18. The van der Waals surface area contributed by atoms with Gasteiger partial charge in [0.1, 0.15) is 5.01 Å². The summed E-state index contributed by atoms with van der Waals surface area (Å²) in [4.78, 5) is 5.63. The Bertz CT molecular complexity index is 748. The Hall–Kier alpha value is -1.94. The Morgan fingerprint density at radius 1 is 1.28 bits per heavy atom. The van der Waals surface area contributed by atoms with Gasteiger partial charge in [0, 0.05) is 5.57 Å². The zero-order valence-corrected chi connectivity index (χ0v) is 10.7. The molecule has 0 amide bonds. The van der Waals surface area contributed by atoms with Crippen LogP contribution in [0, 0.1) is 6.92 Å². The van der Waals surface area contributed by atoms with Gasteiger partial charge in [-0.2, -0.15) is 5.10 Å². The lowest BCUT2D eigenvalue weighted by Gasteiger charge is -2.01. The zero-order chi connectivity index (χ0) is 12.1. The van der Waals surface area contributed by atoms with E-state index in [1.54, 1.807) is 11.3 Å². The molecule has 0 unspecified atom stereocenters. The molecule has 0 aliphatic heterocycles. The summed E-state index contributed by atoms with van der Waals surface area (Å²) in [6, 6.07) is 8.52. The monoisotopic (exact) mass is 253 g/mol. The summed E-state index contributed by atoms with van der Waals surface area (Å²) in [5.74, 6) is 0. The van der Waals surface area contributed by atoms with Crippen LogP contribution in [0.25, 0.3) is 10.5 Å². The van der Waals surface area contributed by atoms with E-state index in [0.717, 1.165) is 22.1 Å². The molecule has 4 heteroatoms. The quantitative estimate of drug-likeness (QED) is 0.667. The first-order valence-electron chi connectivity index (χ1n) is 5.93. The van der Waals surface area contributed by atoms with Gasteiger partial charge in [0.15, 0.2) is 0 Å². The van der Waals surface area contributed by atoms with Crippen molar-refractivity contribution >= 4 is 21.9 Å². The highest BCUT2D eigenvalue weighted by atomic mass is 32.1. The van der Waals surface area contributed by atoms with Crippen LogP contribution in [0.5, 0.6) is 0 Å². The van der Waals surface area contributed by atoms with Gasteiger partial charge in [-0.05, 0) is 24.5 Å². The Labute approximate surface area is 108 Å². The van der Waals surface area contributed by atoms with Crippen LogP contribution >= 0.6 is 11.3 Å². The third-order valence-electron chi connectivity index (χ3n) is 3.25. The lowest BCUT2D eigenvalue weighted by atomic mass is 10.0. The van der Waals surface area contributed by atoms with E-state index < -0.39 is 0 Å². The standard InChI is InChI=1S/C14H11N3S/c1-9-16-17-8-13(15-14(17)18-9)12-7-6-10-4-2-3-5-11(10)12/h2-5,7-8H,6H2,1H3. The van der Waals surface area contributed by atoms with Crippen LogP contribution in [0.3, 0.4) is 0 Å². The molecule has 3 nitrogen and oxygen atoms in total. The molecule has 2 aromatic heterocycles. The van der Waals surface area contributed by atoms with E-state index in [1.165, 1.54) is 16.7 Å². The summed E-state index contributed by atoms with van der Waals surface area (Å²) >= 11 is 1.63. The fraction of sp³-hybridized carbons (Fsp3) is 0.143. The van der Waals surface area contributed by atoms with E-state index in [0.29, 0.717) is 0 Å². The van der Waals surface area contributed by atoms with Crippen molar-refractivity contribution in [2.75, 3.05) is 0 Å². The average Bonchev–Trinajstić information content (AvgIpc) is 2.99. The number of aromatic nitrogens is 3. The Morgan fingerprint density at radius 3 is 3.06 bits per heavy atom. The summed E-state index contributed by atoms with van der Waals surface area (Å²) in [6.07, 6.45) is 5.28. The minimum atomic E-state index is 0.966. The Morgan fingerprint density at radius 2 is 2.17 bits per heavy atom. The van der Waals surface area contributed by atoms with Crippen LogP contribution in [0.2, 0.25) is 0 Å². The van der Waals surface area contributed by atoms with Crippen LogP contribution in [-0.2, 0) is 6.42 Å². The van der Waals surface area contributed by atoms with E-state index >= 15 is 0 Å². The number of nitrogens with zero attached hydrogens (tertiary/aromatic N) is 3. The van der Waals surface area contributed by atoms with Crippen LogP contribution < -0.4 is 0 Å². The third kappa shape index (κ3) is 1.36. The van der Waals surface area contributed by atoms with Gasteiger partial charge in [-0.3, -0.25) is 0 Å². The summed E-state index contributed by atoms with van der Waals surface area (Å²) in [6.45, 7) is 2.00. The van der Waals surface area contributed by atoms with Gasteiger partial charge in [-0.25, -0.2) is 9.50 Å². The highest BCUT2D eigenvalue weighted by Crippen LogP contribution is 2.32. The SMILES string of the molecule is Cc1nn2cc(C3=CCc4ccccc43)nc2s1. The molecule has 0 spiro atoms. The van der Waals surface area contributed by atoms with E-state index in [-0.39, 0.29) is 0 Å². The molecule has 1 aliphatic carbocycles. The maximum Gasteiger partial charge on any atom is 0.212 e. The molecular weight excluding hydrogens is 242 g/mol. The smallest absolute Gasteiger partial charge is 0.212 e. The summed E-state index contributed by atoms with van der Waals surface area (Å²) in [7, 11) is 0. The van der Waals surface area contributed by atoms with Gasteiger partial charge in [-0.15, -0.1) is 0 Å². The topological polar surface area (TPSA) is 30.2 Å². The third-order valence-corrected chi connectivity index (χ3v) is 4.09. The second-order valence-electron chi connectivity index (χ2n) is 4.45. The lowest BCUT2D eigenvalue weighted by Crippen LogP contribution is -1.87. The van der Waals surface area contributed by atoms with E-state index in [4.69, 9.17) is 0 Å². The lowest BCUT2D eigenvalue weighted by molar-refractivity contribution is 0.945. The number of aryl methyl sites for hydroxylation is 1. The van der Waals surface area contributed by atoms with Crippen molar-refractivity contribution < 1.29 is 0 Å². The van der Waals surface area contributed by atoms with Crippen LogP contribution in [0.4, 0.5) is 0 Å². The number of hydrogen-bond donors (Lipinski definition) is 0. The van der Waals surface area contributed by atoms with Crippen molar-refractivity contribution in [3.63, 3.8) is 0 Å². The van der Waals surface area contributed by atoms with E-state index in [1.807, 2.05) is 17.6 Å². The molecule has 1 aliphatic rings. The number of imidazole rings is 1. The van der Waals surface area contributed by atoms with E-state index in [2.05, 4.69) is 40.4 Å². The predicted molar refractivity (Wildman–Crippen MR) is 72.8 cm³/mol. The first-order valence-corrected chi connectivity index (χ1v) is 6.74. The van der Waals surface area contributed by atoms with Crippen molar-refractivity contribution in [1.29, 1.82) is 0 Å². The molecule has 0 saturated carbocycles. The molecule has 0 fully saturated rings. The summed E-state index contributed by atoms with van der Waals surface area (Å²) in [5, 5.41) is 5.45. The van der Waals surface area contributed by atoms with Gasteiger partial charge in [0.2, 0.25) is 4.96 Å². The van der Waals surface area contributed by atoms with Crippen LogP contribution in [0.1, 0.15) is 21.8 Å². The highest BCUT2D eigenvalue weighted by Gasteiger charge is 2.18. The zero-order valence-electron chi connectivity index (χ0n) is 9.92. The molecule has 0 radical (unpaired) electrons. The number of fused-ring (bicyclic) bond motifs is 2. The van der Waals surface area contributed by atoms with Crippen molar-refractivity contribution in [1.82, 2.24) is 14.6 Å². The number of allylic oxidation sites excluding steroid dienone is 1. The Kier molecular flexibility index (Phi) is 1.96. The summed E-state index contributed by atoms with van der Waals surface area (Å²) < 4.78 is 1.87. The van der Waals surface area contributed by atoms with Crippen LogP contribution in [-0.4, -0.2) is 14.6 Å². The van der Waals surface area contributed by atoms with Gasteiger partial charge >= 0.3 is 0 Å². The predicted octanol–water partition coefficient (Wildman–Crippen LogP) is 3.09. The van der Waals surface area contributed by atoms with Crippen LogP contribution in [0.15, 0.2) is 36.5 Å². The Balaban J connectivity index is 1.86. The van der Waals surface area contributed by atoms with Crippen molar-refractivity contribution in [3.05, 3.63) is 58.4 Å². The molecule has 88 valence electrons. The van der Waals surface area contributed by atoms with Crippen molar-refractivity contribution in [2.45, 2.75) is 13.3 Å². The first-order chi connectivity index (χ1) is 8.81. The molecule has 4 rings (SSSR count). The molecular formula is C14H11N3S. The molecule has 0 saturated heterocycles. The minimum Gasteiger partial charge on any atom is -0.217 e. The maximum atomic E-state index is 4.67. The molecule has 2 heterocycles. The molecule has 0 atom stereocenters. The van der Waals surface area contributed by atoms with Gasteiger partial charge in [0.25, 0.3) is 0 Å². The molecule has 18 heavy (non-hydrogen) atoms. The number of rotatable bonds is 1. The maximum absolute atomic E-state index is 4.67. The van der Waals surface area contributed by atoms with Gasteiger partial charge in [-0.1, -0.05) is 41.7 Å². The molecule has 0 bridgehead atoms.